The fraction of sp³-hybridized carbons (Fsp3) is 0.700. The van der Waals surface area contributed by atoms with Crippen molar-refractivity contribution in [2.45, 2.75) is 57.6 Å². The molecule has 2 N–H and O–H groups in total. The summed E-state index contributed by atoms with van der Waals surface area (Å²) in [6, 6.07) is -0.808. The quantitative estimate of drug-likeness (QED) is 0.384. The monoisotopic (exact) mass is 437 g/mol. The molecule has 5 atom stereocenters. The van der Waals surface area contributed by atoms with Gasteiger partial charge in [-0.1, -0.05) is 25.9 Å². The first kappa shape index (κ1) is 21.0. The Bertz CT molecular complexity index is 855. The average molecular weight is 438 g/mol. The van der Waals surface area contributed by atoms with E-state index < -0.39 is 29.4 Å². The zero-order valence-electron chi connectivity index (χ0n) is 17.5. The first-order chi connectivity index (χ1) is 14.1. The molecule has 0 aromatic rings. The van der Waals surface area contributed by atoms with Gasteiger partial charge in [-0.05, 0) is 30.6 Å². The molecule has 0 spiro atoms. The molecule has 30 heavy (non-hydrogen) atoms. The van der Waals surface area contributed by atoms with Crippen molar-refractivity contribution in [2.24, 2.45) is 21.9 Å². The number of carboxylic acid groups (broad SMARTS) is 1. The first-order valence-electron chi connectivity index (χ1n) is 10.1. The SMILES string of the molecule is CON=CC1=C(C(=O)O)N2C(=O)[C@@H](NC(=O)OC3CC4CCC3(C)C4(C)C)[C@@H]2SC1. The fourth-order valence-electron chi connectivity index (χ4n) is 5.46. The van der Waals surface area contributed by atoms with Gasteiger partial charge in [-0.2, -0.15) is 0 Å². The van der Waals surface area contributed by atoms with Crippen LogP contribution in [0.25, 0.3) is 0 Å². The third-order valence-electron chi connectivity index (χ3n) is 7.75. The lowest BCUT2D eigenvalue weighted by molar-refractivity contribution is -0.149. The van der Waals surface area contributed by atoms with E-state index in [4.69, 9.17) is 4.74 Å². The highest BCUT2D eigenvalue weighted by atomic mass is 32.2. The number of hydrogen-bond donors (Lipinski definition) is 2. The molecule has 2 amide bonds. The number of β-lactam (4-membered cyclic amide) rings is 1. The molecule has 9 nitrogen and oxygen atoms in total. The third kappa shape index (κ3) is 2.91. The van der Waals surface area contributed by atoms with Gasteiger partial charge >= 0.3 is 12.1 Å². The van der Waals surface area contributed by atoms with Crippen molar-refractivity contribution in [3.05, 3.63) is 11.3 Å². The maximum atomic E-state index is 12.7. The van der Waals surface area contributed by atoms with Crippen LogP contribution in [0.3, 0.4) is 0 Å². The summed E-state index contributed by atoms with van der Waals surface area (Å²) in [4.78, 5) is 42.8. The predicted octanol–water partition coefficient (Wildman–Crippen LogP) is 2.18. The molecule has 164 valence electrons. The number of hydrogen-bond acceptors (Lipinski definition) is 7. The summed E-state index contributed by atoms with van der Waals surface area (Å²) in [6.45, 7) is 6.66. The van der Waals surface area contributed by atoms with Crippen LogP contribution in [0, 0.1) is 16.7 Å². The lowest BCUT2D eigenvalue weighted by Crippen LogP contribution is -2.70. The molecule has 1 saturated heterocycles. The van der Waals surface area contributed by atoms with Crippen LogP contribution in [-0.2, 0) is 19.2 Å². The van der Waals surface area contributed by atoms with Crippen molar-refractivity contribution in [3.63, 3.8) is 0 Å². The summed E-state index contributed by atoms with van der Waals surface area (Å²) < 4.78 is 5.77. The van der Waals surface area contributed by atoms with E-state index in [1.165, 1.54) is 30.0 Å². The molecule has 3 unspecified atom stereocenters. The molecule has 0 aromatic heterocycles. The number of nitrogens with zero attached hydrogens (tertiary/aromatic N) is 2. The minimum Gasteiger partial charge on any atom is -0.477 e. The zero-order chi connectivity index (χ0) is 21.8. The van der Waals surface area contributed by atoms with E-state index in [9.17, 15) is 19.5 Å². The van der Waals surface area contributed by atoms with E-state index in [1.54, 1.807) is 0 Å². The Hall–Kier alpha value is -2.23. The smallest absolute Gasteiger partial charge is 0.408 e. The first-order valence-corrected chi connectivity index (χ1v) is 11.1. The molecular weight excluding hydrogens is 410 g/mol. The summed E-state index contributed by atoms with van der Waals surface area (Å²) in [6.07, 6.45) is 3.52. The normalized spacial score (nSPS) is 36.5. The van der Waals surface area contributed by atoms with Crippen LogP contribution >= 0.6 is 11.8 Å². The van der Waals surface area contributed by atoms with Crippen LogP contribution in [0.1, 0.15) is 40.0 Å². The Morgan fingerprint density at radius 3 is 2.67 bits per heavy atom. The number of aliphatic carboxylic acids is 1. The summed E-state index contributed by atoms with van der Waals surface area (Å²) in [5.41, 5.74) is 0.302. The van der Waals surface area contributed by atoms with Crippen LogP contribution in [0.2, 0.25) is 0 Å². The van der Waals surface area contributed by atoms with Gasteiger partial charge in [0.25, 0.3) is 5.91 Å². The second-order valence-electron chi connectivity index (χ2n) is 9.13. The number of amides is 2. The van der Waals surface area contributed by atoms with E-state index in [0.29, 0.717) is 17.2 Å². The fourth-order valence-corrected chi connectivity index (χ4v) is 6.75. The van der Waals surface area contributed by atoms with Crippen molar-refractivity contribution in [1.29, 1.82) is 0 Å². The van der Waals surface area contributed by atoms with E-state index in [1.807, 2.05) is 0 Å². The molecule has 4 aliphatic rings. The maximum absolute atomic E-state index is 12.7. The zero-order valence-corrected chi connectivity index (χ0v) is 18.3. The Kier molecular flexibility index (Phi) is 5.03. The number of rotatable bonds is 5. The molecule has 2 heterocycles. The van der Waals surface area contributed by atoms with Crippen molar-refractivity contribution in [1.82, 2.24) is 10.2 Å². The molecule has 2 aliphatic carbocycles. The Morgan fingerprint density at radius 1 is 1.37 bits per heavy atom. The van der Waals surface area contributed by atoms with Gasteiger partial charge in [0, 0.05) is 16.7 Å². The molecule has 2 bridgehead atoms. The highest BCUT2D eigenvalue weighted by Crippen LogP contribution is 2.66. The number of fused-ring (bicyclic) bond motifs is 3. The number of oxime groups is 1. The Labute approximate surface area is 179 Å². The van der Waals surface area contributed by atoms with Gasteiger partial charge < -0.3 is 20.0 Å². The molecule has 2 aliphatic heterocycles. The Morgan fingerprint density at radius 2 is 2.10 bits per heavy atom. The highest BCUT2D eigenvalue weighted by molar-refractivity contribution is 8.00. The topological polar surface area (TPSA) is 118 Å². The van der Waals surface area contributed by atoms with Crippen LogP contribution in [0.4, 0.5) is 4.79 Å². The molecule has 4 rings (SSSR count). The number of nitrogens with one attached hydrogen (secondary N) is 1. The summed E-state index contributed by atoms with van der Waals surface area (Å²) in [5.74, 6) is -0.814. The second kappa shape index (κ2) is 7.18. The van der Waals surface area contributed by atoms with Crippen LogP contribution in [0.5, 0.6) is 0 Å². The van der Waals surface area contributed by atoms with Crippen molar-refractivity contribution >= 4 is 35.9 Å². The maximum Gasteiger partial charge on any atom is 0.408 e. The molecule has 0 aromatic carbocycles. The molecule has 3 fully saturated rings. The van der Waals surface area contributed by atoms with Crippen LogP contribution in [-0.4, -0.2) is 64.6 Å². The predicted molar refractivity (Wildman–Crippen MR) is 110 cm³/mol. The minimum absolute atomic E-state index is 0.0704. The summed E-state index contributed by atoms with van der Waals surface area (Å²) in [7, 11) is 1.36. The number of ether oxygens (including phenoxy) is 1. The van der Waals surface area contributed by atoms with Gasteiger partial charge in [-0.15, -0.1) is 11.8 Å². The van der Waals surface area contributed by atoms with Crippen molar-refractivity contribution in [3.8, 4) is 0 Å². The molecule has 10 heteroatoms. The number of carbonyl (C=O) groups is 3. The van der Waals surface area contributed by atoms with Crippen molar-refractivity contribution < 1.29 is 29.1 Å². The highest BCUT2D eigenvalue weighted by Gasteiger charge is 2.63. The van der Waals surface area contributed by atoms with Crippen LogP contribution < -0.4 is 5.32 Å². The van der Waals surface area contributed by atoms with Crippen LogP contribution in [0.15, 0.2) is 16.4 Å². The van der Waals surface area contributed by atoms with E-state index in [0.717, 1.165) is 19.3 Å². The number of alkyl carbamates (subject to hydrolysis) is 1. The molecule has 0 radical (unpaired) electrons. The van der Waals surface area contributed by atoms with E-state index in [2.05, 4.69) is 36.1 Å². The Balaban J connectivity index is 1.43. The van der Waals surface area contributed by atoms with Gasteiger partial charge in [-0.3, -0.25) is 9.69 Å². The summed E-state index contributed by atoms with van der Waals surface area (Å²) >= 11 is 1.37. The van der Waals surface area contributed by atoms with Gasteiger partial charge in [0.15, 0.2) is 0 Å². The third-order valence-corrected chi connectivity index (χ3v) is 9.05. The second-order valence-corrected chi connectivity index (χ2v) is 10.2. The molecular formula is C20H27N3O6S. The van der Waals surface area contributed by atoms with E-state index in [-0.39, 0.29) is 22.6 Å². The van der Waals surface area contributed by atoms with Gasteiger partial charge in [-0.25, -0.2) is 9.59 Å². The van der Waals surface area contributed by atoms with Gasteiger partial charge in [0.1, 0.15) is 30.3 Å². The lowest BCUT2D eigenvalue weighted by Gasteiger charge is -2.49. The van der Waals surface area contributed by atoms with Gasteiger partial charge in [0.05, 0.1) is 6.21 Å². The standard InChI is InChI=1S/C20H27N3O6S/c1-19(2)11-5-6-20(19,3)12(7-11)29-18(27)22-13-15(24)23-14(17(25)26)10(8-21-28-4)9-30-16(13)23/h8,11-13,16H,5-7,9H2,1-4H3,(H,22,27)(H,25,26)/t11?,12?,13-,16+,20?/m1/s1. The summed E-state index contributed by atoms with van der Waals surface area (Å²) in [5, 5.41) is 15.4. The van der Waals surface area contributed by atoms with E-state index >= 15 is 0 Å². The minimum atomic E-state index is -1.22. The number of thioether (sulfide) groups is 1. The van der Waals surface area contributed by atoms with Crippen molar-refractivity contribution in [2.75, 3.05) is 12.9 Å². The molecule has 2 saturated carbocycles. The number of carbonyl (C=O) groups excluding carboxylic acids is 2. The largest absolute Gasteiger partial charge is 0.477 e. The average Bonchev–Trinajstić information content (AvgIpc) is 3.03. The lowest BCUT2D eigenvalue weighted by atomic mass is 9.70. The number of carboxylic acids is 1. The van der Waals surface area contributed by atoms with Gasteiger partial charge in [0.2, 0.25) is 0 Å².